The normalized spacial score (nSPS) is 11.2. The Morgan fingerprint density at radius 1 is 1.00 bits per heavy atom. The van der Waals surface area contributed by atoms with E-state index in [1.807, 2.05) is 48.1 Å². The van der Waals surface area contributed by atoms with E-state index in [1.165, 1.54) is 0 Å². The monoisotopic (exact) mass is 396 g/mol. The SMILES string of the molecule is Cn1c2ccccc2c2c1cc(C(=O)NCCc1cccnc1)n2-c1ncccn1. The fourth-order valence-electron chi connectivity index (χ4n) is 3.85. The molecule has 1 aromatic carbocycles. The van der Waals surface area contributed by atoms with E-state index >= 15 is 0 Å². The summed E-state index contributed by atoms with van der Waals surface area (Å²) in [6, 6.07) is 15.7. The third-order valence-corrected chi connectivity index (χ3v) is 5.27. The molecule has 0 bridgehead atoms. The summed E-state index contributed by atoms with van der Waals surface area (Å²) < 4.78 is 3.94. The standard InChI is InChI=1S/C23H20N6O/c1-28-18-8-3-2-7-17(18)21-19(28)14-20(29(21)23-26-11-5-12-27-23)22(30)25-13-9-16-6-4-10-24-15-16/h2-8,10-12,14-15H,9,13H2,1H3,(H,25,30). The summed E-state index contributed by atoms with van der Waals surface area (Å²) in [5, 5.41) is 4.08. The zero-order valence-electron chi connectivity index (χ0n) is 16.5. The lowest BCUT2D eigenvalue weighted by Gasteiger charge is -2.09. The first kappa shape index (κ1) is 18.1. The molecule has 0 aliphatic carbocycles. The zero-order valence-corrected chi connectivity index (χ0v) is 16.5. The van der Waals surface area contributed by atoms with E-state index in [9.17, 15) is 4.79 Å². The Bertz CT molecular complexity index is 1340. The second kappa shape index (κ2) is 7.44. The Labute approximate surface area is 173 Å². The lowest BCUT2D eigenvalue weighted by atomic mass is 10.2. The number of nitrogens with one attached hydrogen (secondary N) is 1. The van der Waals surface area contributed by atoms with E-state index in [2.05, 4.69) is 37.0 Å². The lowest BCUT2D eigenvalue weighted by Crippen LogP contribution is -2.28. The van der Waals surface area contributed by atoms with Gasteiger partial charge in [0.25, 0.3) is 5.91 Å². The maximum Gasteiger partial charge on any atom is 0.268 e. The molecule has 7 nitrogen and oxygen atoms in total. The van der Waals surface area contributed by atoms with Gasteiger partial charge in [0.15, 0.2) is 0 Å². The predicted molar refractivity (Wildman–Crippen MR) is 116 cm³/mol. The van der Waals surface area contributed by atoms with Crippen molar-refractivity contribution in [3.63, 3.8) is 0 Å². The Kier molecular flexibility index (Phi) is 4.48. The second-order valence-corrected chi connectivity index (χ2v) is 7.09. The molecule has 1 amide bonds. The quantitative estimate of drug-likeness (QED) is 0.495. The van der Waals surface area contributed by atoms with Crippen molar-refractivity contribution in [2.24, 2.45) is 7.05 Å². The van der Waals surface area contributed by atoms with Crippen LogP contribution in [0.1, 0.15) is 16.1 Å². The van der Waals surface area contributed by atoms with Crippen LogP contribution in [-0.4, -0.2) is 36.5 Å². The van der Waals surface area contributed by atoms with E-state index in [1.54, 1.807) is 24.7 Å². The number of pyridine rings is 1. The molecular weight excluding hydrogens is 376 g/mol. The minimum Gasteiger partial charge on any atom is -0.350 e. The van der Waals surface area contributed by atoms with Gasteiger partial charge in [-0.25, -0.2) is 9.97 Å². The molecule has 0 unspecified atom stereocenters. The van der Waals surface area contributed by atoms with Crippen molar-refractivity contribution in [2.45, 2.75) is 6.42 Å². The van der Waals surface area contributed by atoms with Crippen molar-refractivity contribution >= 4 is 27.8 Å². The first-order valence-corrected chi connectivity index (χ1v) is 9.77. The van der Waals surface area contributed by atoms with E-state index in [-0.39, 0.29) is 5.91 Å². The van der Waals surface area contributed by atoms with Gasteiger partial charge in [0.1, 0.15) is 5.69 Å². The average molecular weight is 396 g/mol. The summed E-state index contributed by atoms with van der Waals surface area (Å²) in [5.41, 5.74) is 4.57. The second-order valence-electron chi connectivity index (χ2n) is 7.09. The summed E-state index contributed by atoms with van der Waals surface area (Å²) >= 11 is 0. The van der Waals surface area contributed by atoms with E-state index < -0.39 is 0 Å². The highest BCUT2D eigenvalue weighted by Gasteiger charge is 2.22. The number of hydrogen-bond donors (Lipinski definition) is 1. The van der Waals surface area contributed by atoms with Crippen molar-refractivity contribution in [2.75, 3.05) is 6.54 Å². The topological polar surface area (TPSA) is 77.6 Å². The summed E-state index contributed by atoms with van der Waals surface area (Å²) in [7, 11) is 2.00. The van der Waals surface area contributed by atoms with E-state index in [4.69, 9.17) is 0 Å². The lowest BCUT2D eigenvalue weighted by molar-refractivity contribution is 0.0947. The highest BCUT2D eigenvalue weighted by molar-refractivity contribution is 6.10. The number of amides is 1. The summed E-state index contributed by atoms with van der Waals surface area (Å²) in [4.78, 5) is 26.1. The van der Waals surface area contributed by atoms with Gasteiger partial charge in [0.2, 0.25) is 5.95 Å². The maximum absolute atomic E-state index is 13.1. The molecule has 0 saturated heterocycles. The molecule has 4 aromatic heterocycles. The van der Waals surface area contributed by atoms with Crippen LogP contribution in [0.3, 0.4) is 0 Å². The Balaban J connectivity index is 1.57. The molecule has 0 aliphatic heterocycles. The zero-order chi connectivity index (χ0) is 20.5. The minimum absolute atomic E-state index is 0.161. The number of hydrogen-bond acceptors (Lipinski definition) is 4. The van der Waals surface area contributed by atoms with Crippen LogP contribution in [0.25, 0.3) is 27.9 Å². The third kappa shape index (κ3) is 3.00. The van der Waals surface area contributed by atoms with Gasteiger partial charge in [-0.3, -0.25) is 14.3 Å². The fraction of sp³-hybridized carbons (Fsp3) is 0.130. The van der Waals surface area contributed by atoms with Gasteiger partial charge < -0.3 is 9.88 Å². The largest absolute Gasteiger partial charge is 0.350 e. The van der Waals surface area contributed by atoms with Crippen LogP contribution < -0.4 is 5.32 Å². The van der Waals surface area contributed by atoms with Gasteiger partial charge in [-0.1, -0.05) is 24.3 Å². The molecular formula is C23H20N6O. The molecule has 1 N–H and O–H groups in total. The summed E-state index contributed by atoms with van der Waals surface area (Å²) in [6.45, 7) is 0.516. The molecule has 30 heavy (non-hydrogen) atoms. The molecule has 0 aliphatic rings. The van der Waals surface area contributed by atoms with Crippen LogP contribution in [0.5, 0.6) is 0 Å². The number of carbonyl (C=O) groups is 1. The number of rotatable bonds is 5. The van der Waals surface area contributed by atoms with Crippen molar-refractivity contribution < 1.29 is 4.79 Å². The van der Waals surface area contributed by atoms with Gasteiger partial charge in [-0.2, -0.15) is 0 Å². The Hall–Kier alpha value is -4.00. The highest BCUT2D eigenvalue weighted by atomic mass is 16.1. The molecule has 0 fully saturated rings. The van der Waals surface area contributed by atoms with E-state index in [0.29, 0.717) is 24.6 Å². The van der Waals surface area contributed by atoms with Gasteiger partial charge in [0, 0.05) is 43.8 Å². The van der Waals surface area contributed by atoms with Crippen molar-refractivity contribution in [1.29, 1.82) is 0 Å². The van der Waals surface area contributed by atoms with Crippen LogP contribution >= 0.6 is 0 Å². The van der Waals surface area contributed by atoms with Gasteiger partial charge in [0.05, 0.1) is 16.6 Å². The average Bonchev–Trinajstić information content (AvgIpc) is 3.32. The molecule has 0 spiro atoms. The number of benzene rings is 1. The number of fused-ring (bicyclic) bond motifs is 3. The molecule has 4 heterocycles. The summed E-state index contributed by atoms with van der Waals surface area (Å²) in [6.07, 6.45) is 7.63. The molecule has 148 valence electrons. The maximum atomic E-state index is 13.1. The smallest absolute Gasteiger partial charge is 0.268 e. The van der Waals surface area contributed by atoms with Crippen LogP contribution in [0.15, 0.2) is 73.3 Å². The fourth-order valence-corrected chi connectivity index (χ4v) is 3.85. The Morgan fingerprint density at radius 2 is 1.83 bits per heavy atom. The highest BCUT2D eigenvalue weighted by Crippen LogP contribution is 2.32. The van der Waals surface area contributed by atoms with Crippen LogP contribution in [0.2, 0.25) is 0 Å². The molecule has 0 radical (unpaired) electrons. The van der Waals surface area contributed by atoms with Crippen molar-refractivity contribution in [3.05, 3.63) is 84.6 Å². The van der Waals surface area contributed by atoms with Gasteiger partial charge >= 0.3 is 0 Å². The van der Waals surface area contributed by atoms with Crippen molar-refractivity contribution in [3.8, 4) is 5.95 Å². The molecule has 7 heteroatoms. The van der Waals surface area contributed by atoms with E-state index in [0.717, 1.165) is 27.5 Å². The Morgan fingerprint density at radius 3 is 2.63 bits per heavy atom. The first-order chi connectivity index (χ1) is 14.7. The van der Waals surface area contributed by atoms with Crippen molar-refractivity contribution in [1.82, 2.24) is 29.4 Å². The number of nitrogens with zero attached hydrogens (tertiary/aromatic N) is 5. The minimum atomic E-state index is -0.161. The molecule has 0 saturated carbocycles. The summed E-state index contributed by atoms with van der Waals surface area (Å²) in [5.74, 6) is 0.313. The molecule has 5 aromatic rings. The van der Waals surface area contributed by atoms with Gasteiger partial charge in [-0.15, -0.1) is 0 Å². The first-order valence-electron chi connectivity index (χ1n) is 9.77. The third-order valence-electron chi connectivity index (χ3n) is 5.27. The number of para-hydroxylation sites is 1. The number of aromatic nitrogens is 5. The van der Waals surface area contributed by atoms with Crippen LogP contribution in [0, 0.1) is 0 Å². The molecule has 0 atom stereocenters. The number of aryl methyl sites for hydroxylation is 1. The van der Waals surface area contributed by atoms with Crippen LogP contribution in [-0.2, 0) is 13.5 Å². The van der Waals surface area contributed by atoms with Gasteiger partial charge in [-0.05, 0) is 36.2 Å². The molecule has 5 rings (SSSR count). The number of carbonyl (C=O) groups excluding carboxylic acids is 1. The predicted octanol–water partition coefficient (Wildman–Crippen LogP) is 3.28. The van der Waals surface area contributed by atoms with Crippen LogP contribution in [0.4, 0.5) is 0 Å².